The number of aliphatic hydroxyl groups is 1. The summed E-state index contributed by atoms with van der Waals surface area (Å²) >= 11 is 1.17. The van der Waals surface area contributed by atoms with Gasteiger partial charge >= 0.3 is 0 Å². The van der Waals surface area contributed by atoms with Gasteiger partial charge in [0.1, 0.15) is 5.76 Å². The number of aryl methyl sites for hydroxylation is 1. The third kappa shape index (κ3) is 3.59. The molecule has 1 aliphatic heterocycles. The molecule has 7 heteroatoms. The number of carbonyl (C=O) groups is 2. The van der Waals surface area contributed by atoms with Crippen molar-refractivity contribution in [3.8, 4) is 0 Å². The lowest BCUT2D eigenvalue weighted by atomic mass is 9.81. The number of thioether (sulfide) groups is 1. The molecular weight excluding hydrogens is 386 g/mol. The number of aliphatic hydroxyl groups excluding tert-OH is 1. The zero-order valence-corrected chi connectivity index (χ0v) is 18.4. The van der Waals surface area contributed by atoms with Crippen LogP contribution in [0.4, 0.5) is 5.69 Å². The number of carbonyl (C=O) groups excluding carboxylic acids is 2. The van der Waals surface area contributed by atoms with Crippen molar-refractivity contribution in [2.45, 2.75) is 34.6 Å². The molecule has 154 valence electrons. The van der Waals surface area contributed by atoms with E-state index >= 15 is 0 Å². The van der Waals surface area contributed by atoms with Gasteiger partial charge in [0.25, 0.3) is 5.91 Å². The van der Waals surface area contributed by atoms with E-state index in [9.17, 15) is 14.7 Å². The number of rotatable bonds is 6. The fourth-order valence-electron chi connectivity index (χ4n) is 3.66. The van der Waals surface area contributed by atoms with Gasteiger partial charge in [-0.05, 0) is 69.6 Å². The lowest BCUT2D eigenvalue weighted by Gasteiger charge is -2.26. The Morgan fingerprint density at radius 2 is 1.59 bits per heavy atom. The maximum atomic E-state index is 12.9. The fraction of sp³-hybridized carbons (Fsp3) is 0.409. The van der Waals surface area contributed by atoms with Crippen LogP contribution in [0, 0.1) is 6.92 Å². The minimum Gasteiger partial charge on any atom is -0.506 e. The molecule has 29 heavy (non-hydrogen) atoms. The van der Waals surface area contributed by atoms with Crippen molar-refractivity contribution < 1.29 is 14.7 Å². The van der Waals surface area contributed by atoms with Gasteiger partial charge in [0, 0.05) is 31.9 Å². The lowest BCUT2D eigenvalue weighted by molar-refractivity contribution is -0.115. The van der Waals surface area contributed by atoms with Crippen LogP contribution in [-0.4, -0.2) is 53.0 Å². The minimum atomic E-state index is -0.459. The van der Waals surface area contributed by atoms with Crippen LogP contribution in [0.5, 0.6) is 0 Å². The van der Waals surface area contributed by atoms with E-state index in [4.69, 9.17) is 0 Å². The van der Waals surface area contributed by atoms with Crippen LogP contribution >= 0.6 is 11.8 Å². The monoisotopic (exact) mass is 413 g/mol. The molecule has 2 aliphatic rings. The smallest absolute Gasteiger partial charge is 0.287 e. The summed E-state index contributed by atoms with van der Waals surface area (Å²) in [4.78, 5) is 33.7. The highest BCUT2D eigenvalue weighted by molar-refractivity contribution is 8.18. The topological polar surface area (TPSA) is 73.2 Å². The Hall–Kier alpha value is -2.54. The summed E-state index contributed by atoms with van der Waals surface area (Å²) in [6.07, 6.45) is 0. The van der Waals surface area contributed by atoms with E-state index in [1.54, 1.807) is 0 Å². The summed E-state index contributed by atoms with van der Waals surface area (Å²) in [5, 5.41) is 11.2. The Morgan fingerprint density at radius 3 is 2.10 bits per heavy atom. The van der Waals surface area contributed by atoms with E-state index in [-0.39, 0.29) is 27.6 Å². The van der Waals surface area contributed by atoms with Crippen molar-refractivity contribution in [2.75, 3.05) is 31.1 Å². The first-order chi connectivity index (χ1) is 13.9. The normalized spacial score (nSPS) is 18.9. The molecule has 1 amide bonds. The largest absolute Gasteiger partial charge is 0.506 e. The Labute approximate surface area is 176 Å². The summed E-state index contributed by atoms with van der Waals surface area (Å²) in [6, 6.07) is 5.86. The Morgan fingerprint density at radius 1 is 0.966 bits per heavy atom. The van der Waals surface area contributed by atoms with Crippen LogP contribution in [0.1, 0.15) is 38.8 Å². The number of nitrogens with zero attached hydrogens (tertiary/aromatic N) is 3. The molecule has 0 atom stereocenters. The molecule has 1 heterocycles. The molecule has 0 aromatic heterocycles. The number of aliphatic imine (C=N–C) groups is 1. The zero-order chi connectivity index (χ0) is 21.3. The van der Waals surface area contributed by atoms with E-state index in [2.05, 4.69) is 23.7 Å². The van der Waals surface area contributed by atoms with Gasteiger partial charge in [0.05, 0.1) is 16.1 Å². The van der Waals surface area contributed by atoms with Crippen molar-refractivity contribution in [1.29, 1.82) is 0 Å². The summed E-state index contributed by atoms with van der Waals surface area (Å²) in [5.74, 6) is -0.868. The second kappa shape index (κ2) is 8.45. The number of anilines is 1. The number of Topliss-reactive ketones (excluding diaryl/α,β-unsaturated/α-hetero) is 1. The summed E-state index contributed by atoms with van der Waals surface area (Å²) < 4.78 is 0. The van der Waals surface area contributed by atoms with Crippen LogP contribution < -0.4 is 4.90 Å². The van der Waals surface area contributed by atoms with Crippen molar-refractivity contribution in [1.82, 2.24) is 4.90 Å². The van der Waals surface area contributed by atoms with Gasteiger partial charge in [-0.2, -0.15) is 4.99 Å². The highest BCUT2D eigenvalue weighted by Crippen LogP contribution is 2.44. The third-order valence-electron chi connectivity index (χ3n) is 5.38. The predicted octanol–water partition coefficient (Wildman–Crippen LogP) is 3.92. The number of benzene rings is 1. The van der Waals surface area contributed by atoms with Crippen LogP contribution in [-0.2, 0) is 9.59 Å². The number of amidine groups is 1. The molecule has 0 unspecified atom stereocenters. The lowest BCUT2D eigenvalue weighted by Crippen LogP contribution is -2.27. The summed E-state index contributed by atoms with van der Waals surface area (Å²) in [6.45, 7) is 13.3. The first-order valence-corrected chi connectivity index (χ1v) is 10.8. The first kappa shape index (κ1) is 21.2. The third-order valence-corrected chi connectivity index (χ3v) is 6.50. The zero-order valence-electron chi connectivity index (χ0n) is 17.6. The summed E-state index contributed by atoms with van der Waals surface area (Å²) in [5.41, 5.74) is 3.07. The maximum Gasteiger partial charge on any atom is 0.287 e. The molecule has 3 rings (SSSR count). The minimum absolute atomic E-state index is 0.0909. The van der Waals surface area contributed by atoms with Crippen molar-refractivity contribution in [3.63, 3.8) is 0 Å². The molecule has 1 N–H and O–H groups in total. The summed E-state index contributed by atoms with van der Waals surface area (Å²) in [7, 11) is 0. The molecule has 0 saturated carbocycles. The number of hydrogen-bond acceptors (Lipinski definition) is 6. The molecule has 0 radical (unpaired) electrons. The molecule has 6 nitrogen and oxygen atoms in total. The van der Waals surface area contributed by atoms with Gasteiger partial charge in [0.15, 0.2) is 5.17 Å². The van der Waals surface area contributed by atoms with Crippen LogP contribution in [0.15, 0.2) is 39.4 Å². The highest BCUT2D eigenvalue weighted by Gasteiger charge is 2.42. The molecule has 0 fully saturated rings. The Kier molecular flexibility index (Phi) is 6.17. The van der Waals surface area contributed by atoms with Crippen LogP contribution in [0.3, 0.4) is 0 Å². The van der Waals surface area contributed by atoms with E-state index in [0.717, 1.165) is 37.4 Å². The van der Waals surface area contributed by atoms with Crippen molar-refractivity contribution >= 4 is 39.9 Å². The Bertz CT molecular complexity index is 954. The molecule has 0 spiro atoms. The number of ketones is 1. The average molecular weight is 414 g/mol. The first-order valence-electron chi connectivity index (χ1n) is 10.0. The Balaban J connectivity index is 1.94. The van der Waals surface area contributed by atoms with E-state index in [1.807, 2.05) is 43.9 Å². The van der Waals surface area contributed by atoms with Crippen molar-refractivity contribution in [2.24, 2.45) is 4.99 Å². The average Bonchev–Trinajstić information content (AvgIpc) is 3.06. The second-order valence-corrected chi connectivity index (χ2v) is 7.88. The van der Waals surface area contributed by atoms with E-state index in [1.165, 1.54) is 11.8 Å². The van der Waals surface area contributed by atoms with Crippen LogP contribution in [0.2, 0.25) is 0 Å². The molecule has 0 saturated heterocycles. The molecule has 1 aliphatic carbocycles. The molecular formula is C22H27N3O3S. The van der Waals surface area contributed by atoms with Gasteiger partial charge in [-0.25, -0.2) is 0 Å². The highest BCUT2D eigenvalue weighted by atomic mass is 32.2. The van der Waals surface area contributed by atoms with E-state index in [0.29, 0.717) is 10.7 Å². The number of allylic oxidation sites excluding steroid dienone is 2. The molecule has 0 bridgehead atoms. The van der Waals surface area contributed by atoms with Gasteiger partial charge in [-0.1, -0.05) is 6.07 Å². The number of hydrogen-bond donors (Lipinski definition) is 1. The van der Waals surface area contributed by atoms with Gasteiger partial charge in [-0.3, -0.25) is 9.59 Å². The predicted molar refractivity (Wildman–Crippen MR) is 119 cm³/mol. The maximum absolute atomic E-state index is 12.9. The number of amides is 1. The SMILES string of the molecule is CCN(CC)C1=NC(=O)/C(=C2\C(=O)C(c3ccc(N(CC)CC)cc3C)=C2O)S1. The fourth-order valence-corrected chi connectivity index (χ4v) is 4.78. The second-order valence-electron chi connectivity index (χ2n) is 6.90. The van der Waals surface area contributed by atoms with E-state index < -0.39 is 5.91 Å². The molecule has 1 aromatic carbocycles. The van der Waals surface area contributed by atoms with Gasteiger partial charge < -0.3 is 14.9 Å². The van der Waals surface area contributed by atoms with Crippen molar-refractivity contribution in [3.05, 3.63) is 45.6 Å². The molecule has 1 aromatic rings. The van der Waals surface area contributed by atoms with Gasteiger partial charge in [-0.15, -0.1) is 0 Å². The standard InChI is InChI=1S/C22H27N3O3S/c1-6-24(7-2)14-10-11-15(13(5)12-14)16-18(26)17(19(16)27)20-21(28)23-22(29-20)25(8-3)9-4/h10-12,26H,6-9H2,1-5H3/b20-17+. The van der Waals surface area contributed by atoms with Gasteiger partial charge in [0.2, 0.25) is 5.78 Å². The van der Waals surface area contributed by atoms with Crippen LogP contribution in [0.25, 0.3) is 5.57 Å². The quantitative estimate of drug-likeness (QED) is 0.713.